The van der Waals surface area contributed by atoms with E-state index in [1.165, 1.54) is 23.3 Å². The Morgan fingerprint density at radius 2 is 1.82 bits per heavy atom. The standard InChI is InChI=1S/C22H33N3O2S/c1-2-3-8-23-11-13-25(14-12-23)21(26)17-6-7-19-18(15-17)16-20(28-19)22(27)24-9-4-5-10-24/h16-17H,2-15H2,1H3/t17-/m0/s1. The van der Waals surface area contributed by atoms with Gasteiger partial charge >= 0.3 is 0 Å². The first-order valence-corrected chi connectivity index (χ1v) is 11.9. The highest BCUT2D eigenvalue weighted by molar-refractivity contribution is 7.14. The Hall–Kier alpha value is -1.40. The second-order valence-corrected chi connectivity index (χ2v) is 9.66. The molecule has 6 heteroatoms. The molecule has 2 amide bonds. The summed E-state index contributed by atoms with van der Waals surface area (Å²) in [5, 5.41) is 0. The highest BCUT2D eigenvalue weighted by Crippen LogP contribution is 2.34. The van der Waals surface area contributed by atoms with Crippen LogP contribution in [0.4, 0.5) is 0 Å². The molecule has 0 radical (unpaired) electrons. The molecule has 1 aliphatic carbocycles. The van der Waals surface area contributed by atoms with Crippen molar-refractivity contribution >= 4 is 23.2 Å². The molecule has 1 aromatic rings. The number of aryl methyl sites for hydroxylation is 1. The third-order valence-electron chi connectivity index (χ3n) is 6.55. The number of carbonyl (C=O) groups is 2. The molecule has 0 saturated carbocycles. The van der Waals surface area contributed by atoms with E-state index in [-0.39, 0.29) is 11.8 Å². The Kier molecular flexibility index (Phi) is 6.36. The summed E-state index contributed by atoms with van der Waals surface area (Å²) in [6.07, 6.45) is 7.41. The van der Waals surface area contributed by atoms with Crippen LogP contribution in [-0.4, -0.2) is 72.3 Å². The van der Waals surface area contributed by atoms with Gasteiger partial charge < -0.3 is 9.80 Å². The molecule has 1 atom stereocenters. The molecule has 2 aliphatic heterocycles. The van der Waals surface area contributed by atoms with Gasteiger partial charge in [0, 0.05) is 50.1 Å². The molecule has 0 unspecified atom stereocenters. The summed E-state index contributed by atoms with van der Waals surface area (Å²) in [5.41, 5.74) is 1.25. The van der Waals surface area contributed by atoms with Crippen molar-refractivity contribution in [2.75, 3.05) is 45.8 Å². The van der Waals surface area contributed by atoms with Gasteiger partial charge in [0.15, 0.2) is 0 Å². The van der Waals surface area contributed by atoms with Crippen molar-refractivity contribution in [3.05, 3.63) is 21.4 Å². The van der Waals surface area contributed by atoms with E-state index in [4.69, 9.17) is 0 Å². The van der Waals surface area contributed by atoms with Crippen LogP contribution in [0.2, 0.25) is 0 Å². The molecule has 3 aliphatic rings. The number of unbranched alkanes of at least 4 members (excludes halogenated alkanes) is 1. The van der Waals surface area contributed by atoms with Crippen LogP contribution in [0.5, 0.6) is 0 Å². The van der Waals surface area contributed by atoms with Crippen LogP contribution in [0, 0.1) is 5.92 Å². The lowest BCUT2D eigenvalue weighted by Crippen LogP contribution is -2.51. The molecule has 3 heterocycles. The van der Waals surface area contributed by atoms with Gasteiger partial charge in [0.05, 0.1) is 4.88 Å². The van der Waals surface area contributed by atoms with Crippen LogP contribution in [0.25, 0.3) is 0 Å². The third kappa shape index (κ3) is 4.28. The van der Waals surface area contributed by atoms with E-state index in [0.29, 0.717) is 5.91 Å². The number of piperazine rings is 1. The lowest BCUT2D eigenvalue weighted by Gasteiger charge is -2.37. The summed E-state index contributed by atoms with van der Waals surface area (Å²) in [6, 6.07) is 2.09. The van der Waals surface area contributed by atoms with Gasteiger partial charge in [-0.05, 0) is 56.7 Å². The molecule has 0 N–H and O–H groups in total. The molecule has 2 saturated heterocycles. The third-order valence-corrected chi connectivity index (χ3v) is 7.77. The first kappa shape index (κ1) is 19.9. The molecular weight excluding hydrogens is 370 g/mol. The fourth-order valence-electron chi connectivity index (χ4n) is 4.75. The van der Waals surface area contributed by atoms with E-state index in [1.54, 1.807) is 11.3 Å². The van der Waals surface area contributed by atoms with Gasteiger partial charge in [-0.1, -0.05) is 13.3 Å². The van der Waals surface area contributed by atoms with Gasteiger partial charge in [-0.15, -0.1) is 11.3 Å². The summed E-state index contributed by atoms with van der Waals surface area (Å²) in [6.45, 7) is 8.94. The Morgan fingerprint density at radius 3 is 2.54 bits per heavy atom. The molecule has 2 fully saturated rings. The zero-order chi connectivity index (χ0) is 19.5. The number of rotatable bonds is 5. The second kappa shape index (κ2) is 8.95. The largest absolute Gasteiger partial charge is 0.340 e. The van der Waals surface area contributed by atoms with Gasteiger partial charge in [0.2, 0.25) is 5.91 Å². The maximum absolute atomic E-state index is 13.1. The predicted octanol–water partition coefficient (Wildman–Crippen LogP) is 3.03. The fraction of sp³-hybridized carbons (Fsp3) is 0.727. The smallest absolute Gasteiger partial charge is 0.263 e. The Balaban J connectivity index is 1.33. The van der Waals surface area contributed by atoms with Gasteiger partial charge in [-0.3, -0.25) is 14.5 Å². The van der Waals surface area contributed by atoms with Crippen LogP contribution in [0.1, 0.15) is 59.1 Å². The summed E-state index contributed by atoms with van der Waals surface area (Å²) < 4.78 is 0. The minimum absolute atomic E-state index is 0.0963. The Labute approximate surface area is 172 Å². The van der Waals surface area contributed by atoms with Crippen molar-refractivity contribution < 1.29 is 9.59 Å². The van der Waals surface area contributed by atoms with Crippen molar-refractivity contribution in [1.29, 1.82) is 0 Å². The zero-order valence-corrected chi connectivity index (χ0v) is 17.9. The van der Waals surface area contributed by atoms with E-state index in [1.807, 2.05) is 4.90 Å². The van der Waals surface area contributed by atoms with E-state index < -0.39 is 0 Å². The second-order valence-electron chi connectivity index (χ2n) is 8.52. The number of likely N-dealkylation sites (tertiary alicyclic amines) is 1. The molecular formula is C22H33N3O2S. The molecule has 1 aromatic heterocycles. The fourth-order valence-corrected chi connectivity index (χ4v) is 5.92. The van der Waals surface area contributed by atoms with Crippen molar-refractivity contribution in [2.45, 2.75) is 51.9 Å². The summed E-state index contributed by atoms with van der Waals surface area (Å²) in [4.78, 5) is 34.5. The highest BCUT2D eigenvalue weighted by Gasteiger charge is 2.32. The lowest BCUT2D eigenvalue weighted by atomic mass is 9.87. The van der Waals surface area contributed by atoms with Crippen molar-refractivity contribution in [1.82, 2.24) is 14.7 Å². The average molecular weight is 404 g/mol. The van der Waals surface area contributed by atoms with Crippen LogP contribution < -0.4 is 0 Å². The number of nitrogens with zero attached hydrogens (tertiary/aromatic N) is 3. The van der Waals surface area contributed by atoms with E-state index >= 15 is 0 Å². The lowest BCUT2D eigenvalue weighted by molar-refractivity contribution is -0.137. The topological polar surface area (TPSA) is 43.9 Å². The molecule has 28 heavy (non-hydrogen) atoms. The van der Waals surface area contributed by atoms with Gasteiger partial charge in [0.1, 0.15) is 0 Å². The summed E-state index contributed by atoms with van der Waals surface area (Å²) in [7, 11) is 0. The quantitative estimate of drug-likeness (QED) is 0.759. The summed E-state index contributed by atoms with van der Waals surface area (Å²) in [5.74, 6) is 0.626. The van der Waals surface area contributed by atoms with Gasteiger partial charge in [-0.2, -0.15) is 0 Å². The monoisotopic (exact) mass is 403 g/mol. The SMILES string of the molecule is CCCCN1CCN(C(=O)[C@H]2CCc3sc(C(=O)N4CCCC4)cc3C2)CC1. The van der Waals surface area contributed by atoms with Gasteiger partial charge in [-0.25, -0.2) is 0 Å². The van der Waals surface area contributed by atoms with Crippen LogP contribution in [0.3, 0.4) is 0 Å². The molecule has 5 nitrogen and oxygen atoms in total. The van der Waals surface area contributed by atoms with Crippen molar-refractivity contribution in [3.8, 4) is 0 Å². The predicted molar refractivity (Wildman–Crippen MR) is 113 cm³/mol. The number of thiophene rings is 1. The molecule has 0 aromatic carbocycles. The Morgan fingerprint density at radius 1 is 1.07 bits per heavy atom. The van der Waals surface area contributed by atoms with E-state index in [0.717, 1.165) is 82.8 Å². The first-order valence-electron chi connectivity index (χ1n) is 11.1. The van der Waals surface area contributed by atoms with Crippen LogP contribution >= 0.6 is 11.3 Å². The van der Waals surface area contributed by atoms with Crippen LogP contribution in [0.15, 0.2) is 6.07 Å². The molecule has 4 rings (SSSR count). The van der Waals surface area contributed by atoms with Crippen molar-refractivity contribution in [3.63, 3.8) is 0 Å². The number of fused-ring (bicyclic) bond motifs is 1. The Bertz CT molecular complexity index is 703. The molecule has 0 bridgehead atoms. The van der Waals surface area contributed by atoms with Crippen LogP contribution in [-0.2, 0) is 17.6 Å². The first-order chi connectivity index (χ1) is 13.7. The number of hydrogen-bond acceptors (Lipinski definition) is 4. The molecule has 0 spiro atoms. The summed E-state index contributed by atoms with van der Waals surface area (Å²) >= 11 is 1.66. The van der Waals surface area contributed by atoms with E-state index in [9.17, 15) is 9.59 Å². The van der Waals surface area contributed by atoms with E-state index in [2.05, 4.69) is 22.8 Å². The highest BCUT2D eigenvalue weighted by atomic mass is 32.1. The average Bonchev–Trinajstić information content (AvgIpc) is 3.41. The maximum atomic E-state index is 13.1. The minimum Gasteiger partial charge on any atom is -0.340 e. The molecule has 154 valence electrons. The number of carbonyl (C=O) groups excluding carboxylic acids is 2. The maximum Gasteiger partial charge on any atom is 0.263 e. The number of hydrogen-bond donors (Lipinski definition) is 0. The normalized spacial score (nSPS) is 23.1. The van der Waals surface area contributed by atoms with Gasteiger partial charge in [0.25, 0.3) is 5.91 Å². The minimum atomic E-state index is 0.0963. The number of amides is 2. The zero-order valence-electron chi connectivity index (χ0n) is 17.1. The van der Waals surface area contributed by atoms with Crippen molar-refractivity contribution in [2.24, 2.45) is 5.92 Å².